The van der Waals surface area contributed by atoms with Crippen molar-refractivity contribution >= 4 is 33.4 Å². The van der Waals surface area contributed by atoms with Crippen molar-refractivity contribution in [2.24, 2.45) is 7.05 Å². The maximum Gasteiger partial charge on any atom is 0.209 e. The molecule has 1 aromatic heterocycles. The van der Waals surface area contributed by atoms with Gasteiger partial charge in [0.05, 0.1) is 0 Å². The van der Waals surface area contributed by atoms with E-state index in [0.717, 1.165) is 27.6 Å². The van der Waals surface area contributed by atoms with Crippen LogP contribution in [-0.4, -0.2) is 32.5 Å². The number of aromatic nitrogens is 4. The Morgan fingerprint density at radius 3 is 2.94 bits per heavy atom. The average Bonchev–Trinajstić information content (AvgIpc) is 2.73. The number of halogens is 1. The number of rotatable bonds is 5. The first kappa shape index (κ1) is 12.4. The molecule has 2 rings (SSSR count). The molecule has 1 heterocycles. The molecular weight excluding hydrogens is 302 g/mol. The first-order valence-corrected chi connectivity index (χ1v) is 6.89. The lowest BCUT2D eigenvalue weighted by Crippen LogP contribution is -2.05. The van der Waals surface area contributed by atoms with Crippen molar-refractivity contribution in [3.8, 4) is 0 Å². The molecule has 0 bridgehead atoms. The quantitative estimate of drug-likeness (QED) is 0.677. The smallest absolute Gasteiger partial charge is 0.209 e. The van der Waals surface area contributed by atoms with E-state index in [0.29, 0.717) is 0 Å². The van der Waals surface area contributed by atoms with Crippen LogP contribution in [0.15, 0.2) is 33.9 Å². The van der Waals surface area contributed by atoms with Crippen LogP contribution in [0, 0.1) is 0 Å². The highest BCUT2D eigenvalue weighted by molar-refractivity contribution is 9.10. The number of aryl methyl sites for hydroxylation is 1. The second-order valence-electron chi connectivity index (χ2n) is 3.34. The van der Waals surface area contributed by atoms with Crippen molar-refractivity contribution in [1.29, 1.82) is 0 Å². The molecule has 0 fully saturated rings. The van der Waals surface area contributed by atoms with Crippen LogP contribution in [0.1, 0.15) is 0 Å². The number of tetrazole rings is 1. The lowest BCUT2D eigenvalue weighted by atomic mass is 10.3. The number of thioether (sulfide) groups is 1. The fourth-order valence-corrected chi connectivity index (χ4v) is 2.41. The van der Waals surface area contributed by atoms with Gasteiger partial charge in [-0.05, 0) is 38.5 Å². The van der Waals surface area contributed by atoms with Crippen LogP contribution in [0.4, 0.5) is 5.69 Å². The molecule has 0 amide bonds. The van der Waals surface area contributed by atoms with Crippen molar-refractivity contribution < 1.29 is 0 Å². The molecule has 2 aromatic rings. The number of para-hydroxylation sites is 1. The third-order valence-corrected chi connectivity index (χ3v) is 3.81. The summed E-state index contributed by atoms with van der Waals surface area (Å²) >= 11 is 5.12. The van der Waals surface area contributed by atoms with E-state index in [1.54, 1.807) is 16.4 Å². The molecule has 17 heavy (non-hydrogen) atoms. The van der Waals surface area contributed by atoms with E-state index in [1.165, 1.54) is 0 Å². The second kappa shape index (κ2) is 6.02. The SMILES string of the molecule is Cn1nnnc1SCCNc1ccccc1Br. The fraction of sp³-hybridized carbons (Fsp3) is 0.300. The molecular formula is C10H12BrN5S. The zero-order valence-corrected chi connectivity index (χ0v) is 11.7. The van der Waals surface area contributed by atoms with Crippen LogP contribution in [0.5, 0.6) is 0 Å². The summed E-state index contributed by atoms with van der Waals surface area (Å²) in [7, 11) is 1.84. The molecule has 0 aliphatic heterocycles. The van der Waals surface area contributed by atoms with Crippen molar-refractivity contribution in [2.75, 3.05) is 17.6 Å². The van der Waals surface area contributed by atoms with E-state index in [9.17, 15) is 0 Å². The van der Waals surface area contributed by atoms with E-state index in [1.807, 2.05) is 31.3 Å². The fourth-order valence-electron chi connectivity index (χ4n) is 1.28. The van der Waals surface area contributed by atoms with Gasteiger partial charge in [-0.15, -0.1) is 5.10 Å². The number of nitrogens with zero attached hydrogens (tertiary/aromatic N) is 4. The minimum Gasteiger partial charge on any atom is -0.383 e. The predicted octanol–water partition coefficient (Wildman–Crippen LogP) is 2.18. The standard InChI is InChI=1S/C10H12BrN5S/c1-16-10(13-14-15-16)17-7-6-12-9-5-3-2-4-8(9)11/h2-5,12H,6-7H2,1H3. The van der Waals surface area contributed by atoms with Gasteiger partial charge in [0.15, 0.2) is 0 Å². The highest BCUT2D eigenvalue weighted by atomic mass is 79.9. The van der Waals surface area contributed by atoms with Crippen LogP contribution in [0.3, 0.4) is 0 Å². The van der Waals surface area contributed by atoms with Gasteiger partial charge >= 0.3 is 0 Å². The highest BCUT2D eigenvalue weighted by Crippen LogP contribution is 2.21. The molecule has 7 heteroatoms. The number of anilines is 1. The van der Waals surface area contributed by atoms with E-state index >= 15 is 0 Å². The van der Waals surface area contributed by atoms with Crippen LogP contribution < -0.4 is 5.32 Å². The first-order chi connectivity index (χ1) is 8.27. The van der Waals surface area contributed by atoms with Crippen molar-refractivity contribution in [1.82, 2.24) is 20.2 Å². The number of hydrogen-bond donors (Lipinski definition) is 1. The summed E-state index contributed by atoms with van der Waals surface area (Å²) in [6.45, 7) is 0.861. The normalized spacial score (nSPS) is 10.5. The van der Waals surface area contributed by atoms with E-state index in [4.69, 9.17) is 0 Å². The lowest BCUT2D eigenvalue weighted by Gasteiger charge is -2.07. The van der Waals surface area contributed by atoms with Crippen LogP contribution in [-0.2, 0) is 7.05 Å². The maximum atomic E-state index is 3.91. The molecule has 0 saturated carbocycles. The van der Waals surface area contributed by atoms with Gasteiger partial charge in [-0.25, -0.2) is 4.68 Å². The molecule has 5 nitrogen and oxygen atoms in total. The van der Waals surface area contributed by atoms with Gasteiger partial charge < -0.3 is 5.32 Å². The number of benzene rings is 1. The van der Waals surface area contributed by atoms with Crippen molar-refractivity contribution in [3.05, 3.63) is 28.7 Å². The summed E-state index contributed by atoms with van der Waals surface area (Å²) < 4.78 is 2.74. The van der Waals surface area contributed by atoms with Crippen LogP contribution in [0.2, 0.25) is 0 Å². The molecule has 0 aliphatic carbocycles. The largest absolute Gasteiger partial charge is 0.383 e. The summed E-state index contributed by atoms with van der Waals surface area (Å²) in [4.78, 5) is 0. The van der Waals surface area contributed by atoms with Gasteiger partial charge in [-0.1, -0.05) is 23.9 Å². The zero-order chi connectivity index (χ0) is 12.1. The predicted molar refractivity (Wildman–Crippen MR) is 72.2 cm³/mol. The molecule has 0 atom stereocenters. The van der Waals surface area contributed by atoms with Gasteiger partial charge in [0.1, 0.15) is 0 Å². The van der Waals surface area contributed by atoms with Crippen molar-refractivity contribution in [2.45, 2.75) is 5.16 Å². The van der Waals surface area contributed by atoms with E-state index in [2.05, 4.69) is 36.8 Å². The van der Waals surface area contributed by atoms with Crippen LogP contribution >= 0.6 is 27.7 Å². The minimum atomic E-state index is 0.832. The van der Waals surface area contributed by atoms with Crippen LogP contribution in [0.25, 0.3) is 0 Å². The van der Waals surface area contributed by atoms with Crippen molar-refractivity contribution in [3.63, 3.8) is 0 Å². The Kier molecular flexibility index (Phi) is 4.38. The highest BCUT2D eigenvalue weighted by Gasteiger charge is 2.02. The second-order valence-corrected chi connectivity index (χ2v) is 5.26. The molecule has 1 N–H and O–H groups in total. The molecule has 0 aliphatic rings. The summed E-state index contributed by atoms with van der Waals surface area (Å²) in [6.07, 6.45) is 0. The Labute approximate surface area is 112 Å². The summed E-state index contributed by atoms with van der Waals surface area (Å²) in [5.41, 5.74) is 1.10. The first-order valence-electron chi connectivity index (χ1n) is 5.11. The molecule has 0 saturated heterocycles. The Hall–Kier alpha value is -1.08. The number of hydrogen-bond acceptors (Lipinski definition) is 5. The maximum absolute atomic E-state index is 3.91. The molecule has 0 radical (unpaired) electrons. The van der Waals surface area contributed by atoms with Gasteiger partial charge in [-0.3, -0.25) is 0 Å². The Bertz CT molecular complexity index is 487. The van der Waals surface area contributed by atoms with E-state index in [-0.39, 0.29) is 0 Å². The third-order valence-electron chi connectivity index (χ3n) is 2.10. The molecule has 1 aromatic carbocycles. The summed E-state index contributed by atoms with van der Waals surface area (Å²) in [5, 5.41) is 15.4. The zero-order valence-electron chi connectivity index (χ0n) is 9.30. The van der Waals surface area contributed by atoms with Gasteiger partial charge in [0.2, 0.25) is 5.16 Å². The van der Waals surface area contributed by atoms with Gasteiger partial charge in [0, 0.05) is 29.5 Å². The summed E-state index contributed by atoms with van der Waals surface area (Å²) in [6, 6.07) is 8.06. The van der Waals surface area contributed by atoms with E-state index < -0.39 is 0 Å². The number of nitrogens with one attached hydrogen (secondary N) is 1. The Balaban J connectivity index is 1.77. The van der Waals surface area contributed by atoms with Gasteiger partial charge in [-0.2, -0.15) is 0 Å². The Morgan fingerprint density at radius 2 is 2.24 bits per heavy atom. The lowest BCUT2D eigenvalue weighted by molar-refractivity contribution is 0.664. The topological polar surface area (TPSA) is 55.6 Å². The molecule has 0 spiro atoms. The minimum absolute atomic E-state index is 0.832. The molecule has 90 valence electrons. The van der Waals surface area contributed by atoms with Gasteiger partial charge in [0.25, 0.3) is 0 Å². The monoisotopic (exact) mass is 313 g/mol. The molecule has 0 unspecified atom stereocenters. The third kappa shape index (κ3) is 3.44. The average molecular weight is 314 g/mol. The summed E-state index contributed by atoms with van der Waals surface area (Å²) in [5.74, 6) is 0.912. The Morgan fingerprint density at radius 1 is 1.41 bits per heavy atom.